The second kappa shape index (κ2) is 16.8. The zero-order valence-electron chi connectivity index (χ0n) is 38.7. The maximum Gasteiger partial charge on any atom is 0.109 e. The van der Waals surface area contributed by atoms with Crippen molar-refractivity contribution in [2.75, 3.05) is 21.3 Å². The van der Waals surface area contributed by atoms with Crippen LogP contribution in [0.3, 0.4) is 0 Å². The van der Waals surface area contributed by atoms with E-state index >= 15 is 0 Å². The van der Waals surface area contributed by atoms with E-state index in [1.54, 1.807) is 35.1 Å². The van der Waals surface area contributed by atoms with E-state index < -0.39 is 0 Å². The Morgan fingerprint density at radius 1 is 0.306 bits per heavy atom. The van der Waals surface area contributed by atoms with Crippen LogP contribution < -0.4 is 21.3 Å². The third-order valence-electron chi connectivity index (χ3n) is 14.0. The third-order valence-corrected chi connectivity index (χ3v) is 16.5. The predicted molar refractivity (Wildman–Crippen MR) is 309 cm³/mol. The molecule has 0 aliphatic heterocycles. The van der Waals surface area contributed by atoms with Gasteiger partial charge in [-0.2, -0.15) is 0 Å². The van der Waals surface area contributed by atoms with Gasteiger partial charge in [-0.3, -0.25) is 9.97 Å². The fourth-order valence-electron chi connectivity index (χ4n) is 10.6. The highest BCUT2D eigenvalue weighted by Gasteiger charge is 2.29. The molecule has 0 aliphatic rings. The van der Waals surface area contributed by atoms with Gasteiger partial charge in [-0.05, 0) is 91.6 Å². The van der Waals surface area contributed by atoms with Crippen LogP contribution in [0.25, 0.3) is 96.5 Å². The lowest BCUT2D eigenvalue weighted by atomic mass is 9.97. The normalized spacial score (nSPS) is 11.7. The minimum absolute atomic E-state index is 0.472. The third kappa shape index (κ3) is 6.76. The van der Waals surface area contributed by atoms with Crippen LogP contribution in [0.1, 0.15) is 0 Å². The van der Waals surface area contributed by atoms with Gasteiger partial charge in [0.05, 0.1) is 11.4 Å². The molecule has 3 heterocycles. The molecule has 3 aromatic heterocycles. The van der Waals surface area contributed by atoms with Crippen molar-refractivity contribution in [3.05, 3.63) is 231 Å². The Morgan fingerprint density at radius 2 is 0.583 bits per heavy atom. The standard InChI is InChI=1S/C64H42N6S2/c65-57-55(61-51-21-9-11-23-53(51)63(71-61)69(47-29-25-39-13-1-5-17-43(39)35-47)48-30-26-40-14-2-6-18-44(40)36-48)59-60(68-34-33-67-59)56(58(57)66)62-52-22-10-12-24-54(52)64(72-62)70(49-31-27-41-15-3-7-19-45(41)37-49)50-32-28-42-16-4-8-20-46(42)38-50/h1-38H,65-66H2. The molecule has 0 amide bonds. The molecule has 0 spiro atoms. The Balaban J connectivity index is 0.987. The summed E-state index contributed by atoms with van der Waals surface area (Å²) in [4.78, 5) is 17.0. The van der Waals surface area contributed by atoms with Crippen LogP contribution in [-0.4, -0.2) is 9.97 Å². The first-order valence-corrected chi connectivity index (χ1v) is 25.6. The van der Waals surface area contributed by atoms with Crippen molar-refractivity contribution < 1.29 is 0 Å². The first kappa shape index (κ1) is 41.9. The molecular formula is C64H42N6S2. The monoisotopic (exact) mass is 958 g/mol. The molecule has 11 aromatic carbocycles. The first-order chi connectivity index (χ1) is 35.5. The predicted octanol–water partition coefficient (Wildman–Crippen LogP) is 18.1. The maximum atomic E-state index is 7.53. The van der Waals surface area contributed by atoms with Crippen LogP contribution in [0, 0.1) is 0 Å². The van der Waals surface area contributed by atoms with E-state index in [1.165, 1.54) is 21.5 Å². The molecule has 8 heteroatoms. The van der Waals surface area contributed by atoms with Crippen LogP contribution in [0.2, 0.25) is 0 Å². The minimum Gasteiger partial charge on any atom is -0.396 e. The fourth-order valence-corrected chi connectivity index (χ4v) is 13.3. The number of benzene rings is 11. The number of fused-ring (bicyclic) bond motifs is 7. The SMILES string of the molecule is Nc1c(N)c(-c2sc(N(c3ccc4ccccc4c3)c3ccc4ccccc4c3)c3ccccc23)c2nccnc2c1-c1sc(N(c2ccc3ccccc3c2)c2ccc3ccccc3c2)c2ccccc12. The summed E-state index contributed by atoms with van der Waals surface area (Å²) >= 11 is 3.40. The van der Waals surface area contributed by atoms with Gasteiger partial charge < -0.3 is 21.3 Å². The van der Waals surface area contributed by atoms with E-state index in [-0.39, 0.29) is 0 Å². The van der Waals surface area contributed by atoms with Gasteiger partial charge in [0.15, 0.2) is 0 Å². The van der Waals surface area contributed by atoms with Crippen molar-refractivity contribution in [3.63, 3.8) is 0 Å². The smallest absolute Gasteiger partial charge is 0.109 e. The highest BCUT2D eigenvalue weighted by molar-refractivity contribution is 7.22. The van der Waals surface area contributed by atoms with Crippen molar-refractivity contribution in [1.29, 1.82) is 0 Å². The second-order valence-corrected chi connectivity index (χ2v) is 20.2. The van der Waals surface area contributed by atoms with Gasteiger partial charge in [-0.25, -0.2) is 0 Å². The second-order valence-electron chi connectivity index (χ2n) is 18.2. The lowest BCUT2D eigenvalue weighted by Crippen LogP contribution is -2.08. The highest BCUT2D eigenvalue weighted by Crippen LogP contribution is 2.57. The van der Waals surface area contributed by atoms with Gasteiger partial charge in [0.25, 0.3) is 0 Å². The molecule has 0 aliphatic carbocycles. The molecule has 0 saturated carbocycles. The van der Waals surface area contributed by atoms with Crippen LogP contribution in [-0.2, 0) is 0 Å². The van der Waals surface area contributed by atoms with Crippen molar-refractivity contribution in [2.24, 2.45) is 0 Å². The Hall–Kier alpha value is -9.08. The van der Waals surface area contributed by atoms with E-state index in [1.807, 2.05) is 0 Å². The van der Waals surface area contributed by atoms with E-state index in [9.17, 15) is 0 Å². The molecule has 72 heavy (non-hydrogen) atoms. The average Bonchev–Trinajstić information content (AvgIpc) is 4.00. The number of nitrogens with zero attached hydrogens (tertiary/aromatic N) is 4. The molecule has 0 fully saturated rings. The number of nitrogen functional groups attached to an aromatic ring is 2. The van der Waals surface area contributed by atoms with Gasteiger partial charge >= 0.3 is 0 Å². The molecule has 0 unspecified atom stereocenters. The highest BCUT2D eigenvalue weighted by atomic mass is 32.1. The van der Waals surface area contributed by atoms with Gasteiger partial charge in [0.1, 0.15) is 21.0 Å². The summed E-state index contributed by atoms with van der Waals surface area (Å²) < 4.78 is 0. The zero-order valence-corrected chi connectivity index (χ0v) is 40.3. The van der Waals surface area contributed by atoms with Crippen molar-refractivity contribution in [3.8, 4) is 20.9 Å². The molecule has 0 saturated heterocycles. The quantitative estimate of drug-likeness (QED) is 0.148. The molecule has 0 atom stereocenters. The largest absolute Gasteiger partial charge is 0.396 e. The Kier molecular flexibility index (Phi) is 9.77. The molecular weight excluding hydrogens is 917 g/mol. The lowest BCUT2D eigenvalue weighted by Gasteiger charge is -2.25. The Morgan fingerprint density at radius 3 is 0.903 bits per heavy atom. The molecule has 14 rings (SSSR count). The van der Waals surface area contributed by atoms with Crippen molar-refractivity contribution in [2.45, 2.75) is 0 Å². The van der Waals surface area contributed by atoms with Crippen LogP contribution in [0.15, 0.2) is 231 Å². The molecule has 0 radical (unpaired) electrons. The van der Waals surface area contributed by atoms with E-state index in [2.05, 4.69) is 228 Å². The van der Waals surface area contributed by atoms with Gasteiger partial charge in [0.2, 0.25) is 0 Å². The summed E-state index contributed by atoms with van der Waals surface area (Å²) in [6.07, 6.45) is 3.52. The summed E-state index contributed by atoms with van der Waals surface area (Å²) in [5.41, 5.74) is 23.2. The number of anilines is 8. The molecule has 0 bridgehead atoms. The zero-order chi connectivity index (χ0) is 47.9. The maximum absolute atomic E-state index is 7.53. The van der Waals surface area contributed by atoms with Crippen molar-refractivity contribution >= 4 is 142 Å². The molecule has 340 valence electrons. The van der Waals surface area contributed by atoms with Crippen LogP contribution in [0.4, 0.5) is 44.1 Å². The van der Waals surface area contributed by atoms with E-state index in [4.69, 9.17) is 21.4 Å². The Labute approximate surface area is 422 Å². The van der Waals surface area contributed by atoms with Gasteiger partial charge in [-0.15, -0.1) is 22.7 Å². The number of thiophene rings is 2. The average molecular weight is 959 g/mol. The van der Waals surface area contributed by atoms with Crippen molar-refractivity contribution in [1.82, 2.24) is 9.97 Å². The summed E-state index contributed by atoms with van der Waals surface area (Å²) in [5, 5.41) is 15.8. The molecule has 4 N–H and O–H groups in total. The topological polar surface area (TPSA) is 84.3 Å². The number of aromatic nitrogens is 2. The number of rotatable bonds is 8. The van der Waals surface area contributed by atoms with Crippen LogP contribution in [0.5, 0.6) is 0 Å². The summed E-state index contributed by atoms with van der Waals surface area (Å²) in [6, 6.07) is 78.1. The summed E-state index contributed by atoms with van der Waals surface area (Å²) in [6.45, 7) is 0. The van der Waals surface area contributed by atoms with Crippen LogP contribution >= 0.6 is 22.7 Å². The van der Waals surface area contributed by atoms with Gasteiger partial charge in [-0.1, -0.05) is 170 Å². The van der Waals surface area contributed by atoms with Gasteiger partial charge in [0, 0.05) is 77.6 Å². The number of hydrogen-bond acceptors (Lipinski definition) is 8. The lowest BCUT2D eigenvalue weighted by molar-refractivity contribution is 1.30. The molecule has 6 nitrogen and oxygen atoms in total. The first-order valence-electron chi connectivity index (χ1n) is 23.9. The number of hydrogen-bond donors (Lipinski definition) is 2. The summed E-state index contributed by atoms with van der Waals surface area (Å²) in [7, 11) is 0. The fraction of sp³-hybridized carbons (Fsp3) is 0. The summed E-state index contributed by atoms with van der Waals surface area (Å²) in [5.74, 6) is 0. The number of nitrogens with two attached hydrogens (primary N) is 2. The Bertz CT molecular complexity index is 4040. The molecule has 14 aromatic rings. The van der Waals surface area contributed by atoms with E-state index in [0.29, 0.717) is 22.4 Å². The van der Waals surface area contributed by atoms with E-state index in [0.717, 1.165) is 96.7 Å². The minimum atomic E-state index is 0.472.